The number of likely N-dealkylation sites (tertiary alicyclic amines) is 1. The molecule has 0 unspecified atom stereocenters. The normalized spacial score (nSPS) is 19.5. The predicted molar refractivity (Wildman–Crippen MR) is 94.9 cm³/mol. The van der Waals surface area contributed by atoms with Gasteiger partial charge >= 0.3 is 0 Å². The van der Waals surface area contributed by atoms with Crippen LogP contribution in [0.3, 0.4) is 0 Å². The molecule has 0 aromatic heterocycles. The lowest BCUT2D eigenvalue weighted by Crippen LogP contribution is -2.48. The number of hydrogen-bond acceptors (Lipinski definition) is 2. The molecule has 130 valence electrons. The number of carbonyl (C=O) groups excluding carboxylic acids is 2. The molecule has 2 fully saturated rings. The molecule has 0 radical (unpaired) electrons. The predicted octanol–water partition coefficient (Wildman–Crippen LogP) is 3.18. The standard InChI is InChI=1S/C19H25ClN2O2/c20-16-7-5-14(6-8-16)13-18(23)21-17-9-11-22(12-10-17)19(24)15-3-1-2-4-15/h5-8,15,17H,1-4,9-13H2,(H,21,23). The Kier molecular flexibility index (Phi) is 5.77. The van der Waals surface area contributed by atoms with Crippen LogP contribution in [-0.2, 0) is 16.0 Å². The summed E-state index contributed by atoms with van der Waals surface area (Å²) < 4.78 is 0. The Bertz CT molecular complexity index is 574. The maximum atomic E-state index is 12.4. The van der Waals surface area contributed by atoms with Crippen LogP contribution in [0.4, 0.5) is 0 Å². The van der Waals surface area contributed by atoms with Crippen molar-refractivity contribution in [3.05, 3.63) is 34.9 Å². The van der Waals surface area contributed by atoms with Gasteiger partial charge in [0.15, 0.2) is 0 Å². The fraction of sp³-hybridized carbons (Fsp3) is 0.579. The zero-order valence-corrected chi connectivity index (χ0v) is 14.7. The molecule has 4 nitrogen and oxygen atoms in total. The number of benzene rings is 1. The summed E-state index contributed by atoms with van der Waals surface area (Å²) in [7, 11) is 0. The smallest absolute Gasteiger partial charge is 0.225 e. The molecule has 1 aromatic carbocycles. The van der Waals surface area contributed by atoms with E-state index in [1.165, 1.54) is 12.8 Å². The first kappa shape index (κ1) is 17.3. The van der Waals surface area contributed by atoms with Gasteiger partial charge in [0.1, 0.15) is 0 Å². The van der Waals surface area contributed by atoms with Gasteiger partial charge in [0.25, 0.3) is 0 Å². The van der Waals surface area contributed by atoms with E-state index in [1.807, 2.05) is 17.0 Å². The Balaban J connectivity index is 1.42. The van der Waals surface area contributed by atoms with Crippen LogP contribution < -0.4 is 5.32 Å². The van der Waals surface area contributed by atoms with E-state index in [0.29, 0.717) is 17.4 Å². The van der Waals surface area contributed by atoms with E-state index in [2.05, 4.69) is 5.32 Å². The first-order chi connectivity index (χ1) is 11.6. The highest BCUT2D eigenvalue weighted by atomic mass is 35.5. The second-order valence-corrected chi connectivity index (χ2v) is 7.39. The number of amides is 2. The highest BCUT2D eigenvalue weighted by Gasteiger charge is 2.30. The molecule has 5 heteroatoms. The SMILES string of the molecule is O=C(Cc1ccc(Cl)cc1)NC1CCN(C(=O)C2CCCC2)CC1. The van der Waals surface area contributed by atoms with Crippen molar-refractivity contribution in [2.75, 3.05) is 13.1 Å². The third-order valence-corrected chi connectivity index (χ3v) is 5.41. The fourth-order valence-corrected chi connectivity index (χ4v) is 3.87. The Labute approximate surface area is 148 Å². The maximum Gasteiger partial charge on any atom is 0.225 e. The molecule has 0 spiro atoms. The topological polar surface area (TPSA) is 49.4 Å². The minimum atomic E-state index is 0.0397. The maximum absolute atomic E-state index is 12.4. The van der Waals surface area contributed by atoms with Crippen molar-refractivity contribution in [3.8, 4) is 0 Å². The Hall–Kier alpha value is -1.55. The van der Waals surface area contributed by atoms with Gasteiger partial charge in [-0.1, -0.05) is 36.6 Å². The highest BCUT2D eigenvalue weighted by molar-refractivity contribution is 6.30. The van der Waals surface area contributed by atoms with E-state index in [9.17, 15) is 9.59 Å². The molecule has 3 rings (SSSR count). The number of nitrogens with zero attached hydrogens (tertiary/aromatic N) is 1. The highest BCUT2D eigenvalue weighted by Crippen LogP contribution is 2.27. The second-order valence-electron chi connectivity index (χ2n) is 6.95. The van der Waals surface area contributed by atoms with Crippen molar-refractivity contribution in [1.29, 1.82) is 0 Å². The summed E-state index contributed by atoms with van der Waals surface area (Å²) in [6.45, 7) is 1.53. The van der Waals surface area contributed by atoms with E-state index in [1.54, 1.807) is 12.1 Å². The van der Waals surface area contributed by atoms with Gasteiger partial charge in [0, 0.05) is 30.1 Å². The van der Waals surface area contributed by atoms with Crippen molar-refractivity contribution in [1.82, 2.24) is 10.2 Å². The summed E-state index contributed by atoms with van der Waals surface area (Å²) in [5.74, 6) is 0.623. The minimum absolute atomic E-state index is 0.0397. The molecule has 0 atom stereocenters. The summed E-state index contributed by atoms with van der Waals surface area (Å²) in [5.41, 5.74) is 0.964. The molecule has 1 N–H and O–H groups in total. The summed E-state index contributed by atoms with van der Waals surface area (Å²) in [4.78, 5) is 26.6. The third kappa shape index (κ3) is 4.50. The van der Waals surface area contributed by atoms with Gasteiger partial charge in [-0.15, -0.1) is 0 Å². The molecule has 2 aliphatic rings. The van der Waals surface area contributed by atoms with Crippen LogP contribution in [0, 0.1) is 5.92 Å². The minimum Gasteiger partial charge on any atom is -0.353 e. The Morgan fingerprint density at radius 2 is 1.67 bits per heavy atom. The van der Waals surface area contributed by atoms with Crippen LogP contribution in [0.25, 0.3) is 0 Å². The molecule has 1 saturated heterocycles. The largest absolute Gasteiger partial charge is 0.353 e. The van der Waals surface area contributed by atoms with Gasteiger partial charge in [0.2, 0.25) is 11.8 Å². The molecule has 1 aliphatic carbocycles. The average molecular weight is 349 g/mol. The number of rotatable bonds is 4. The molecular weight excluding hydrogens is 324 g/mol. The van der Waals surface area contributed by atoms with E-state index < -0.39 is 0 Å². The molecule has 1 saturated carbocycles. The van der Waals surface area contributed by atoms with Gasteiger partial charge in [-0.2, -0.15) is 0 Å². The summed E-state index contributed by atoms with van der Waals surface area (Å²) in [6, 6.07) is 7.54. The third-order valence-electron chi connectivity index (χ3n) is 5.15. The van der Waals surface area contributed by atoms with Crippen LogP contribution in [0.5, 0.6) is 0 Å². The zero-order valence-electron chi connectivity index (χ0n) is 14.0. The first-order valence-electron chi connectivity index (χ1n) is 8.94. The Morgan fingerprint density at radius 1 is 1.04 bits per heavy atom. The molecule has 2 amide bonds. The zero-order chi connectivity index (χ0) is 16.9. The lowest BCUT2D eigenvalue weighted by atomic mass is 10.0. The average Bonchev–Trinajstić information content (AvgIpc) is 3.11. The van der Waals surface area contributed by atoms with Crippen molar-refractivity contribution in [3.63, 3.8) is 0 Å². The molecule has 0 bridgehead atoms. The van der Waals surface area contributed by atoms with E-state index in [-0.39, 0.29) is 17.9 Å². The summed E-state index contributed by atoms with van der Waals surface area (Å²) in [5, 5.41) is 3.78. The summed E-state index contributed by atoms with van der Waals surface area (Å²) in [6.07, 6.45) is 6.56. The van der Waals surface area contributed by atoms with E-state index in [0.717, 1.165) is 44.3 Å². The lowest BCUT2D eigenvalue weighted by molar-refractivity contribution is -0.136. The van der Waals surface area contributed by atoms with Gasteiger partial charge in [-0.3, -0.25) is 9.59 Å². The van der Waals surface area contributed by atoms with E-state index in [4.69, 9.17) is 11.6 Å². The van der Waals surface area contributed by atoms with Crippen LogP contribution in [-0.4, -0.2) is 35.8 Å². The van der Waals surface area contributed by atoms with Gasteiger partial charge in [-0.25, -0.2) is 0 Å². The molecule has 1 aromatic rings. The summed E-state index contributed by atoms with van der Waals surface area (Å²) >= 11 is 5.86. The van der Waals surface area contributed by atoms with Crippen LogP contribution in [0.15, 0.2) is 24.3 Å². The van der Waals surface area contributed by atoms with Gasteiger partial charge in [0.05, 0.1) is 6.42 Å². The number of carbonyl (C=O) groups is 2. The van der Waals surface area contributed by atoms with Crippen molar-refractivity contribution < 1.29 is 9.59 Å². The molecule has 24 heavy (non-hydrogen) atoms. The lowest BCUT2D eigenvalue weighted by Gasteiger charge is -2.34. The second kappa shape index (κ2) is 8.02. The number of halogens is 1. The number of piperidine rings is 1. The molecule has 1 heterocycles. The Morgan fingerprint density at radius 3 is 2.29 bits per heavy atom. The fourth-order valence-electron chi connectivity index (χ4n) is 3.74. The van der Waals surface area contributed by atoms with Crippen molar-refractivity contribution >= 4 is 23.4 Å². The molecule has 1 aliphatic heterocycles. The first-order valence-corrected chi connectivity index (χ1v) is 9.32. The van der Waals surface area contributed by atoms with Crippen molar-refractivity contribution in [2.45, 2.75) is 51.0 Å². The van der Waals surface area contributed by atoms with Crippen molar-refractivity contribution in [2.24, 2.45) is 5.92 Å². The quantitative estimate of drug-likeness (QED) is 0.908. The van der Waals surface area contributed by atoms with Gasteiger partial charge in [-0.05, 0) is 43.4 Å². The van der Waals surface area contributed by atoms with E-state index >= 15 is 0 Å². The molecular formula is C19H25ClN2O2. The van der Waals surface area contributed by atoms with Crippen LogP contribution in [0.2, 0.25) is 5.02 Å². The monoisotopic (exact) mass is 348 g/mol. The van der Waals surface area contributed by atoms with Crippen LogP contribution >= 0.6 is 11.6 Å². The number of nitrogens with one attached hydrogen (secondary N) is 1. The van der Waals surface area contributed by atoms with Crippen LogP contribution in [0.1, 0.15) is 44.1 Å². The number of hydrogen-bond donors (Lipinski definition) is 1. The van der Waals surface area contributed by atoms with Gasteiger partial charge < -0.3 is 10.2 Å².